The van der Waals surface area contributed by atoms with Crippen LogP contribution < -0.4 is 21.4 Å². The summed E-state index contributed by atoms with van der Waals surface area (Å²) in [7, 11) is 1.49. The van der Waals surface area contributed by atoms with E-state index in [0.29, 0.717) is 36.1 Å². The zero-order valence-electron chi connectivity index (χ0n) is 19.8. The van der Waals surface area contributed by atoms with Gasteiger partial charge in [0, 0.05) is 30.5 Å². The fourth-order valence-electron chi connectivity index (χ4n) is 4.28. The summed E-state index contributed by atoms with van der Waals surface area (Å²) < 4.78 is 15.8. The van der Waals surface area contributed by atoms with Gasteiger partial charge in [-0.05, 0) is 36.1 Å². The summed E-state index contributed by atoms with van der Waals surface area (Å²) in [6.45, 7) is 0.446. The summed E-state index contributed by atoms with van der Waals surface area (Å²) in [5.74, 6) is -0.778. The van der Waals surface area contributed by atoms with Gasteiger partial charge in [-0.15, -0.1) is 0 Å². The number of rotatable bonds is 8. The fourth-order valence-corrected chi connectivity index (χ4v) is 4.28. The van der Waals surface area contributed by atoms with Crippen LogP contribution in [0.2, 0.25) is 0 Å². The number of likely N-dealkylation sites (tertiary alicyclic amines) is 1. The minimum absolute atomic E-state index is 0.0271. The Labute approximate surface area is 207 Å². The lowest BCUT2D eigenvalue weighted by Gasteiger charge is -2.25. The predicted octanol–water partition coefficient (Wildman–Crippen LogP) is 2.12. The van der Waals surface area contributed by atoms with Crippen molar-refractivity contribution >= 4 is 28.9 Å². The van der Waals surface area contributed by atoms with Crippen molar-refractivity contribution in [2.24, 2.45) is 5.73 Å². The van der Waals surface area contributed by atoms with Crippen molar-refractivity contribution in [2.45, 2.75) is 38.0 Å². The zero-order valence-corrected chi connectivity index (χ0v) is 19.8. The van der Waals surface area contributed by atoms with Crippen LogP contribution in [0.15, 0.2) is 63.8 Å². The number of nitrogens with two attached hydrogens (primary N) is 1. The highest BCUT2D eigenvalue weighted by Gasteiger charge is 2.36. The number of hydrogen-bond acceptors (Lipinski definition) is 7. The number of amides is 3. The van der Waals surface area contributed by atoms with Crippen LogP contribution in [-0.4, -0.2) is 48.5 Å². The van der Waals surface area contributed by atoms with Gasteiger partial charge in [0.15, 0.2) is 0 Å². The summed E-state index contributed by atoms with van der Waals surface area (Å²) in [6.07, 6.45) is 0.412. The van der Waals surface area contributed by atoms with Gasteiger partial charge in [0.25, 0.3) is 0 Å². The van der Waals surface area contributed by atoms with Crippen LogP contribution in [0.5, 0.6) is 5.75 Å². The van der Waals surface area contributed by atoms with Crippen molar-refractivity contribution in [3.05, 3.63) is 76.1 Å². The second-order valence-electron chi connectivity index (χ2n) is 8.51. The van der Waals surface area contributed by atoms with E-state index in [4.69, 9.17) is 19.6 Å². The van der Waals surface area contributed by atoms with E-state index in [9.17, 15) is 19.2 Å². The molecule has 1 saturated heterocycles. The van der Waals surface area contributed by atoms with Gasteiger partial charge in [0.05, 0.1) is 7.11 Å². The molecule has 4 rings (SSSR count). The molecule has 0 aliphatic carbocycles. The molecule has 0 saturated carbocycles. The summed E-state index contributed by atoms with van der Waals surface area (Å²) >= 11 is 0. The minimum Gasteiger partial charge on any atom is -0.497 e. The van der Waals surface area contributed by atoms with Crippen LogP contribution in [0, 0.1) is 0 Å². The number of benzene rings is 2. The molecule has 1 fully saturated rings. The maximum absolute atomic E-state index is 13.1. The van der Waals surface area contributed by atoms with Gasteiger partial charge < -0.3 is 24.9 Å². The molecule has 2 heterocycles. The van der Waals surface area contributed by atoms with Gasteiger partial charge in [0.1, 0.15) is 30.0 Å². The van der Waals surface area contributed by atoms with E-state index < -0.39 is 35.6 Å². The van der Waals surface area contributed by atoms with Crippen molar-refractivity contribution in [1.82, 2.24) is 10.2 Å². The number of ether oxygens (including phenoxy) is 2. The summed E-state index contributed by atoms with van der Waals surface area (Å²) in [6, 6.07) is 13.5. The Bertz CT molecular complexity index is 1320. The third kappa shape index (κ3) is 5.65. The first-order valence-electron chi connectivity index (χ1n) is 11.5. The van der Waals surface area contributed by atoms with Gasteiger partial charge in [-0.25, -0.2) is 9.59 Å². The Morgan fingerprint density at radius 2 is 1.94 bits per heavy atom. The Morgan fingerprint density at radius 3 is 2.67 bits per heavy atom. The van der Waals surface area contributed by atoms with E-state index in [2.05, 4.69) is 5.32 Å². The van der Waals surface area contributed by atoms with Crippen molar-refractivity contribution < 1.29 is 28.3 Å². The quantitative estimate of drug-likeness (QED) is 0.458. The topological polar surface area (TPSA) is 141 Å². The zero-order chi connectivity index (χ0) is 25.7. The number of fused-ring (bicyclic) bond motifs is 1. The van der Waals surface area contributed by atoms with Gasteiger partial charge in [-0.2, -0.15) is 0 Å². The summed E-state index contributed by atoms with van der Waals surface area (Å²) in [5.41, 5.74) is 6.58. The van der Waals surface area contributed by atoms with Gasteiger partial charge in [-0.1, -0.05) is 30.3 Å². The molecule has 3 N–H and O–H groups in total. The molecule has 2 aromatic carbocycles. The lowest BCUT2D eigenvalue weighted by molar-refractivity contribution is -0.130. The van der Waals surface area contributed by atoms with Crippen LogP contribution in [0.1, 0.15) is 24.0 Å². The summed E-state index contributed by atoms with van der Waals surface area (Å²) in [4.78, 5) is 51.4. The molecule has 0 radical (unpaired) electrons. The number of nitrogens with zero attached hydrogens (tertiary/aromatic N) is 1. The van der Waals surface area contributed by atoms with E-state index in [-0.39, 0.29) is 18.6 Å². The highest BCUT2D eigenvalue weighted by atomic mass is 16.6. The summed E-state index contributed by atoms with van der Waals surface area (Å²) in [5, 5.41) is 3.24. The third-order valence-electron chi connectivity index (χ3n) is 6.12. The fraction of sp³-hybridized carbons (Fsp3) is 0.308. The monoisotopic (exact) mass is 493 g/mol. The Kier molecular flexibility index (Phi) is 7.53. The molecular weight excluding hydrogens is 466 g/mol. The predicted molar refractivity (Wildman–Crippen MR) is 130 cm³/mol. The van der Waals surface area contributed by atoms with E-state index in [1.165, 1.54) is 18.1 Å². The van der Waals surface area contributed by atoms with Crippen LogP contribution in [0.25, 0.3) is 11.0 Å². The third-order valence-corrected chi connectivity index (χ3v) is 6.12. The number of carbonyl (C=O) groups is 3. The van der Waals surface area contributed by atoms with Gasteiger partial charge in [0.2, 0.25) is 11.8 Å². The Balaban J connectivity index is 1.46. The van der Waals surface area contributed by atoms with Gasteiger partial charge >= 0.3 is 11.7 Å². The van der Waals surface area contributed by atoms with Crippen LogP contribution in [0.3, 0.4) is 0 Å². The number of nitrogens with one attached hydrogen (secondary N) is 1. The van der Waals surface area contributed by atoms with Crippen molar-refractivity contribution in [3.63, 3.8) is 0 Å². The first kappa shape index (κ1) is 24.8. The van der Waals surface area contributed by atoms with E-state index in [1.54, 1.807) is 18.2 Å². The molecule has 10 nitrogen and oxygen atoms in total. The second-order valence-corrected chi connectivity index (χ2v) is 8.51. The normalized spacial score (nSPS) is 15.9. The molecule has 1 aliphatic rings. The highest BCUT2D eigenvalue weighted by Crippen LogP contribution is 2.24. The second kappa shape index (κ2) is 10.9. The molecule has 0 bridgehead atoms. The first-order valence-corrected chi connectivity index (χ1v) is 11.5. The molecule has 0 spiro atoms. The molecule has 2 atom stereocenters. The molecule has 3 amide bonds. The lowest BCUT2D eigenvalue weighted by Crippen LogP contribution is -2.53. The Morgan fingerprint density at radius 1 is 1.17 bits per heavy atom. The molecule has 0 unspecified atom stereocenters. The van der Waals surface area contributed by atoms with Crippen LogP contribution in [-0.2, 0) is 27.4 Å². The minimum atomic E-state index is -1.10. The largest absolute Gasteiger partial charge is 0.497 e. The standard InChI is InChI=1S/C26H27N3O7/c1-34-18-9-10-19-17(13-23(30)36-22(19)14-18)12-20(24(27)31)28-25(32)21-8-5-11-29(21)26(33)35-15-16-6-3-2-4-7-16/h2-4,6-7,9-10,13-14,20-21H,5,8,11-12,15H2,1H3,(H2,27,31)(H,28,32)/t20-,21+/m0/s1. The number of primary amides is 1. The van der Waals surface area contributed by atoms with E-state index in [1.807, 2.05) is 30.3 Å². The SMILES string of the molecule is COc1ccc2c(C[C@H](NC(=O)[C@H]3CCCN3C(=O)OCc3ccccc3)C(N)=O)cc(=O)oc2c1. The number of methoxy groups -OCH3 is 1. The van der Waals surface area contributed by atoms with Crippen molar-refractivity contribution in [2.75, 3.05) is 13.7 Å². The highest BCUT2D eigenvalue weighted by molar-refractivity contribution is 5.92. The maximum Gasteiger partial charge on any atom is 0.410 e. The maximum atomic E-state index is 13.1. The smallest absolute Gasteiger partial charge is 0.410 e. The molecule has 188 valence electrons. The first-order chi connectivity index (χ1) is 17.4. The Hall–Kier alpha value is -4.34. The van der Waals surface area contributed by atoms with Crippen LogP contribution >= 0.6 is 0 Å². The van der Waals surface area contributed by atoms with Crippen LogP contribution in [0.4, 0.5) is 4.79 Å². The number of carbonyl (C=O) groups excluding carboxylic acids is 3. The molecular formula is C26H27N3O7. The molecule has 10 heteroatoms. The molecule has 1 aromatic heterocycles. The molecule has 1 aliphatic heterocycles. The van der Waals surface area contributed by atoms with Crippen molar-refractivity contribution in [1.29, 1.82) is 0 Å². The van der Waals surface area contributed by atoms with E-state index in [0.717, 1.165) is 5.56 Å². The van der Waals surface area contributed by atoms with Crippen molar-refractivity contribution in [3.8, 4) is 5.75 Å². The average Bonchev–Trinajstić information content (AvgIpc) is 3.37. The molecule has 36 heavy (non-hydrogen) atoms. The number of hydrogen-bond donors (Lipinski definition) is 2. The molecule has 3 aromatic rings. The average molecular weight is 494 g/mol. The lowest BCUT2D eigenvalue weighted by atomic mass is 10.0. The van der Waals surface area contributed by atoms with Gasteiger partial charge in [-0.3, -0.25) is 14.5 Å². The van der Waals surface area contributed by atoms with E-state index >= 15 is 0 Å².